The van der Waals surface area contributed by atoms with E-state index in [1.807, 2.05) is 18.2 Å². The highest BCUT2D eigenvalue weighted by atomic mass is 32.2. The third kappa shape index (κ3) is 4.11. The van der Waals surface area contributed by atoms with Gasteiger partial charge in [-0.2, -0.15) is 0 Å². The molecule has 1 saturated heterocycles. The van der Waals surface area contributed by atoms with Crippen molar-refractivity contribution in [2.75, 3.05) is 39.3 Å². The van der Waals surface area contributed by atoms with Crippen molar-refractivity contribution in [2.45, 2.75) is 18.9 Å². The van der Waals surface area contributed by atoms with Crippen LogP contribution in [0, 0.1) is 0 Å². The zero-order chi connectivity index (χ0) is 15.5. The van der Waals surface area contributed by atoms with Crippen molar-refractivity contribution >= 4 is 9.84 Å². The Hall–Kier alpha value is -1.27. The van der Waals surface area contributed by atoms with Gasteiger partial charge in [-0.15, -0.1) is 0 Å². The molecule has 1 atom stereocenters. The van der Waals surface area contributed by atoms with Crippen molar-refractivity contribution in [3.05, 3.63) is 23.8 Å². The summed E-state index contributed by atoms with van der Waals surface area (Å²) in [6.45, 7) is 1.49. The van der Waals surface area contributed by atoms with Gasteiger partial charge < -0.3 is 9.47 Å². The Bertz CT molecular complexity index is 585. The van der Waals surface area contributed by atoms with Crippen LogP contribution in [0.5, 0.6) is 11.5 Å². The number of sulfone groups is 1. The van der Waals surface area contributed by atoms with Crippen LogP contribution < -0.4 is 9.47 Å². The number of hydrogen-bond donors (Lipinski definition) is 0. The molecule has 6 heteroatoms. The van der Waals surface area contributed by atoms with Crippen LogP contribution in [0.15, 0.2) is 18.2 Å². The molecule has 2 rings (SSSR count). The second kappa shape index (κ2) is 6.66. The van der Waals surface area contributed by atoms with Gasteiger partial charge in [0.2, 0.25) is 0 Å². The summed E-state index contributed by atoms with van der Waals surface area (Å²) in [5, 5.41) is 0. The maximum Gasteiger partial charge on any atom is 0.148 e. The molecule has 0 aliphatic carbocycles. The van der Waals surface area contributed by atoms with Crippen LogP contribution in [-0.4, -0.2) is 52.6 Å². The summed E-state index contributed by atoms with van der Waals surface area (Å²) in [7, 11) is 0.338. The second-order valence-corrected chi connectivity index (χ2v) is 7.69. The lowest BCUT2D eigenvalue weighted by molar-refractivity contribution is 0.265. The largest absolute Gasteiger partial charge is 0.497 e. The first-order valence-corrected chi connectivity index (χ1v) is 9.14. The summed E-state index contributed by atoms with van der Waals surface area (Å²) in [5.41, 5.74) is 1.10. The molecule has 0 amide bonds. The molecule has 0 radical (unpaired) electrons. The average Bonchev–Trinajstić information content (AvgIpc) is 2.91. The Morgan fingerprint density at radius 1 is 1.29 bits per heavy atom. The number of benzene rings is 1. The van der Waals surface area contributed by atoms with Crippen LogP contribution in [0.2, 0.25) is 0 Å². The Morgan fingerprint density at radius 2 is 2.05 bits per heavy atom. The van der Waals surface area contributed by atoms with Crippen molar-refractivity contribution in [1.29, 1.82) is 0 Å². The van der Waals surface area contributed by atoms with Gasteiger partial charge in [-0.3, -0.25) is 4.90 Å². The minimum Gasteiger partial charge on any atom is -0.497 e. The molecule has 0 N–H and O–H groups in total. The molecule has 1 aliphatic heterocycles. The van der Waals surface area contributed by atoms with Crippen LogP contribution in [0.3, 0.4) is 0 Å². The van der Waals surface area contributed by atoms with Crippen molar-refractivity contribution in [3.63, 3.8) is 0 Å². The fourth-order valence-electron chi connectivity index (χ4n) is 2.82. The lowest BCUT2D eigenvalue weighted by Gasteiger charge is -2.26. The van der Waals surface area contributed by atoms with E-state index in [4.69, 9.17) is 9.47 Å². The van der Waals surface area contributed by atoms with E-state index in [-0.39, 0.29) is 11.8 Å². The molecule has 1 aliphatic rings. The zero-order valence-electron chi connectivity index (χ0n) is 12.8. The Balaban J connectivity index is 2.19. The molecular formula is C15H23NO4S. The van der Waals surface area contributed by atoms with Gasteiger partial charge in [-0.1, -0.05) is 6.07 Å². The van der Waals surface area contributed by atoms with Crippen molar-refractivity contribution in [2.24, 2.45) is 0 Å². The van der Waals surface area contributed by atoms with Crippen molar-refractivity contribution < 1.29 is 17.9 Å². The van der Waals surface area contributed by atoms with E-state index < -0.39 is 9.84 Å². The summed E-state index contributed by atoms with van der Waals surface area (Å²) in [6.07, 6.45) is 3.38. The van der Waals surface area contributed by atoms with Gasteiger partial charge in [0.25, 0.3) is 0 Å². The standard InChI is InChI=1S/C15H23NO4S/c1-19-12-6-7-13(15(11-12)20-2)14-5-4-8-16(14)9-10-21(3,17)18/h6-7,11,14H,4-5,8-10H2,1-3H3. The minimum atomic E-state index is -2.94. The van der Waals surface area contributed by atoms with Gasteiger partial charge in [0.15, 0.2) is 0 Å². The number of hydrogen-bond acceptors (Lipinski definition) is 5. The van der Waals surface area contributed by atoms with Crippen molar-refractivity contribution in [1.82, 2.24) is 4.90 Å². The van der Waals surface area contributed by atoms with Gasteiger partial charge in [-0.25, -0.2) is 8.42 Å². The molecule has 1 aromatic rings. The number of ether oxygens (including phenoxy) is 2. The van der Waals surface area contributed by atoms with Crippen LogP contribution >= 0.6 is 0 Å². The molecule has 0 spiro atoms. The Kier molecular flexibility index (Phi) is 5.11. The molecule has 118 valence electrons. The predicted octanol–water partition coefficient (Wildman–Crippen LogP) is 1.89. The Labute approximate surface area is 126 Å². The predicted molar refractivity (Wildman–Crippen MR) is 82.8 cm³/mol. The molecule has 5 nitrogen and oxygen atoms in total. The van der Waals surface area contributed by atoms with Crippen molar-refractivity contribution in [3.8, 4) is 11.5 Å². The summed E-state index contributed by atoms with van der Waals surface area (Å²) in [4.78, 5) is 2.23. The second-order valence-electron chi connectivity index (χ2n) is 5.43. The molecule has 21 heavy (non-hydrogen) atoms. The molecular weight excluding hydrogens is 290 g/mol. The maximum atomic E-state index is 11.4. The normalized spacial score (nSPS) is 19.7. The summed E-state index contributed by atoms with van der Waals surface area (Å²) in [6, 6.07) is 6.03. The maximum absolute atomic E-state index is 11.4. The van der Waals surface area contributed by atoms with Gasteiger partial charge >= 0.3 is 0 Å². The van der Waals surface area contributed by atoms with Gasteiger partial charge in [-0.05, 0) is 25.5 Å². The lowest BCUT2D eigenvalue weighted by atomic mass is 10.0. The average molecular weight is 313 g/mol. The van der Waals surface area contributed by atoms with Crippen LogP contribution in [0.4, 0.5) is 0 Å². The highest BCUT2D eigenvalue weighted by Gasteiger charge is 2.28. The van der Waals surface area contributed by atoms with E-state index >= 15 is 0 Å². The molecule has 1 heterocycles. The van der Waals surface area contributed by atoms with E-state index in [0.717, 1.165) is 36.4 Å². The fraction of sp³-hybridized carbons (Fsp3) is 0.600. The highest BCUT2D eigenvalue weighted by Crippen LogP contribution is 2.38. The molecule has 0 saturated carbocycles. The van der Waals surface area contributed by atoms with E-state index in [1.54, 1.807) is 14.2 Å². The first-order valence-electron chi connectivity index (χ1n) is 7.08. The van der Waals surface area contributed by atoms with E-state index in [2.05, 4.69) is 4.90 Å². The fourth-order valence-corrected chi connectivity index (χ4v) is 3.39. The zero-order valence-corrected chi connectivity index (χ0v) is 13.6. The lowest BCUT2D eigenvalue weighted by Crippen LogP contribution is -2.29. The number of rotatable bonds is 6. The van der Waals surface area contributed by atoms with E-state index in [1.165, 1.54) is 6.26 Å². The molecule has 1 unspecified atom stereocenters. The van der Waals surface area contributed by atoms with Crippen LogP contribution in [0.25, 0.3) is 0 Å². The molecule has 0 aromatic heterocycles. The molecule has 1 fully saturated rings. The number of likely N-dealkylation sites (tertiary alicyclic amines) is 1. The van der Waals surface area contributed by atoms with Gasteiger partial charge in [0.1, 0.15) is 21.3 Å². The quantitative estimate of drug-likeness (QED) is 0.803. The minimum absolute atomic E-state index is 0.196. The smallest absolute Gasteiger partial charge is 0.148 e. The summed E-state index contributed by atoms with van der Waals surface area (Å²) in [5.74, 6) is 1.75. The monoisotopic (exact) mass is 313 g/mol. The van der Waals surface area contributed by atoms with E-state index in [9.17, 15) is 8.42 Å². The topological polar surface area (TPSA) is 55.8 Å². The first-order chi connectivity index (χ1) is 9.94. The van der Waals surface area contributed by atoms with Gasteiger partial charge in [0.05, 0.1) is 20.0 Å². The third-order valence-corrected chi connectivity index (χ3v) is 4.84. The Morgan fingerprint density at radius 3 is 2.67 bits per heavy atom. The van der Waals surface area contributed by atoms with Crippen LogP contribution in [0.1, 0.15) is 24.4 Å². The van der Waals surface area contributed by atoms with Crippen LogP contribution in [-0.2, 0) is 9.84 Å². The molecule has 0 bridgehead atoms. The SMILES string of the molecule is COc1ccc(C2CCCN2CCS(C)(=O)=O)c(OC)c1. The summed E-state index contributed by atoms with van der Waals surface area (Å²) < 4.78 is 33.4. The summed E-state index contributed by atoms with van der Waals surface area (Å²) >= 11 is 0. The highest BCUT2D eigenvalue weighted by molar-refractivity contribution is 7.90. The van der Waals surface area contributed by atoms with E-state index in [0.29, 0.717) is 6.54 Å². The molecule has 1 aromatic carbocycles. The number of nitrogens with zero attached hydrogens (tertiary/aromatic N) is 1. The third-order valence-electron chi connectivity index (χ3n) is 3.91. The van der Waals surface area contributed by atoms with Gasteiger partial charge in [0, 0.05) is 30.5 Å². The first kappa shape index (κ1) is 16.1. The number of methoxy groups -OCH3 is 2.